The third-order valence-electron chi connectivity index (χ3n) is 9.98. The van der Waals surface area contributed by atoms with Crippen LogP contribution in [0.25, 0.3) is 0 Å². The zero-order chi connectivity index (χ0) is 27.4. The minimum atomic E-state index is -1.55. The van der Waals surface area contributed by atoms with Crippen LogP contribution in [0.4, 0.5) is 0 Å². The van der Waals surface area contributed by atoms with Gasteiger partial charge in [-0.3, -0.25) is 19.2 Å². The number of aliphatic hydroxyl groups is 1. The number of carbonyl (C=O) groups is 4. The van der Waals surface area contributed by atoms with Gasteiger partial charge in [0, 0.05) is 29.6 Å². The van der Waals surface area contributed by atoms with E-state index in [1.807, 2.05) is 33.8 Å². The Morgan fingerprint density at radius 3 is 2.51 bits per heavy atom. The molecule has 8 heteroatoms. The van der Waals surface area contributed by atoms with Crippen LogP contribution in [0.1, 0.15) is 79.6 Å². The Morgan fingerprint density at radius 2 is 1.86 bits per heavy atom. The van der Waals surface area contributed by atoms with Gasteiger partial charge in [-0.15, -0.1) is 11.6 Å². The van der Waals surface area contributed by atoms with E-state index in [1.54, 1.807) is 13.0 Å². The number of ketones is 2. The largest absolute Gasteiger partial charge is 0.457 e. The molecule has 7 nitrogen and oxygen atoms in total. The molecule has 0 radical (unpaired) electrons. The van der Waals surface area contributed by atoms with Crippen LogP contribution in [-0.4, -0.2) is 51.8 Å². The predicted molar refractivity (Wildman–Crippen MR) is 138 cm³/mol. The number of rotatable bonds is 7. The molecular weight excluding hydrogens is 496 g/mol. The van der Waals surface area contributed by atoms with Gasteiger partial charge in [-0.05, 0) is 56.1 Å². The SMILES string of the molecule is CCCC(=O)OCC(=O)[C@@]1(OC(=O)CC)[C@@H](C)C[C@H]2[C@@H]3CCC4=CC(=O)C=C[C@]4(C)[C@@]3(Cl)[C@@H](O)C[C@@]21C. The maximum absolute atomic E-state index is 13.9. The van der Waals surface area contributed by atoms with Crippen molar-refractivity contribution in [3.05, 3.63) is 23.8 Å². The van der Waals surface area contributed by atoms with E-state index >= 15 is 0 Å². The first kappa shape index (κ1) is 28.0. The third-order valence-corrected chi connectivity index (χ3v) is 10.9. The molecule has 0 unspecified atom stereocenters. The van der Waals surface area contributed by atoms with Crippen LogP contribution in [0, 0.1) is 28.6 Å². The maximum Gasteiger partial charge on any atom is 0.306 e. The van der Waals surface area contributed by atoms with E-state index in [1.165, 1.54) is 6.08 Å². The molecule has 0 aromatic carbocycles. The Labute approximate surface area is 224 Å². The Morgan fingerprint density at radius 1 is 1.16 bits per heavy atom. The molecule has 0 aromatic rings. The fraction of sp³-hybridized carbons (Fsp3) is 0.724. The molecule has 0 bridgehead atoms. The number of alkyl halides is 1. The molecule has 4 aliphatic carbocycles. The lowest BCUT2D eigenvalue weighted by Crippen LogP contribution is -2.69. The molecule has 0 saturated heterocycles. The van der Waals surface area contributed by atoms with Gasteiger partial charge in [-0.1, -0.05) is 46.3 Å². The summed E-state index contributed by atoms with van der Waals surface area (Å²) < 4.78 is 11.4. The number of Topliss-reactive ketones (excluding diaryl/α,β-unsaturated/α-hetero) is 1. The average molecular weight is 535 g/mol. The number of hydrogen-bond donors (Lipinski definition) is 1. The summed E-state index contributed by atoms with van der Waals surface area (Å²) in [4.78, 5) is 49.8. The summed E-state index contributed by atoms with van der Waals surface area (Å²) in [5.74, 6) is -2.19. The van der Waals surface area contributed by atoms with Gasteiger partial charge in [0.15, 0.2) is 18.0 Å². The van der Waals surface area contributed by atoms with Crippen LogP contribution in [0.2, 0.25) is 0 Å². The van der Waals surface area contributed by atoms with Crippen molar-refractivity contribution in [1.29, 1.82) is 0 Å². The van der Waals surface area contributed by atoms with Crippen molar-refractivity contribution in [3.8, 4) is 0 Å². The monoisotopic (exact) mass is 534 g/mol. The summed E-state index contributed by atoms with van der Waals surface area (Å²) >= 11 is 7.49. The Bertz CT molecular complexity index is 1060. The van der Waals surface area contributed by atoms with Gasteiger partial charge in [0.25, 0.3) is 0 Å². The van der Waals surface area contributed by atoms with Crippen molar-refractivity contribution in [2.75, 3.05) is 6.61 Å². The van der Waals surface area contributed by atoms with E-state index in [4.69, 9.17) is 21.1 Å². The van der Waals surface area contributed by atoms with Crippen LogP contribution in [0.3, 0.4) is 0 Å². The Hall–Kier alpha value is -1.99. The van der Waals surface area contributed by atoms with Gasteiger partial charge in [0.05, 0.1) is 11.0 Å². The van der Waals surface area contributed by atoms with Gasteiger partial charge in [-0.2, -0.15) is 0 Å². The Balaban J connectivity index is 1.77. The van der Waals surface area contributed by atoms with Crippen LogP contribution < -0.4 is 0 Å². The van der Waals surface area contributed by atoms with Gasteiger partial charge < -0.3 is 14.6 Å². The van der Waals surface area contributed by atoms with Gasteiger partial charge in [-0.25, -0.2) is 0 Å². The van der Waals surface area contributed by atoms with E-state index in [0.29, 0.717) is 25.7 Å². The van der Waals surface area contributed by atoms with Gasteiger partial charge >= 0.3 is 11.9 Å². The fourth-order valence-corrected chi connectivity index (χ4v) is 8.70. The highest BCUT2D eigenvalue weighted by Crippen LogP contribution is 2.72. The van der Waals surface area contributed by atoms with Gasteiger partial charge in [0.2, 0.25) is 5.78 Å². The highest BCUT2D eigenvalue weighted by atomic mass is 35.5. The molecule has 0 aromatic heterocycles. The topological polar surface area (TPSA) is 107 Å². The van der Waals surface area contributed by atoms with Crippen LogP contribution in [-0.2, 0) is 28.7 Å². The normalized spacial score (nSPS) is 42.2. The number of halogens is 1. The van der Waals surface area contributed by atoms with Crippen molar-refractivity contribution < 1.29 is 33.8 Å². The minimum Gasteiger partial charge on any atom is -0.457 e. The van der Waals surface area contributed by atoms with E-state index in [2.05, 4.69) is 0 Å². The standard InChI is InChI=1S/C29H39ClO7/c1-6-8-25(35)36-16-23(33)29(37-24(34)7-2)17(3)13-21-20-10-9-18-14-19(31)11-12-26(18,4)28(20,30)22(32)15-27(21,29)5/h11-12,14,17,20-22,32H,6-10,13,15-16H2,1-5H3/t17-,20-,21-,22-,26-,27-,28-,29-/m0/s1. The molecule has 4 rings (SSSR count). The number of allylic oxidation sites excluding steroid dienone is 4. The summed E-state index contributed by atoms with van der Waals surface area (Å²) in [6.45, 7) is 8.84. The first-order valence-electron chi connectivity index (χ1n) is 13.5. The number of ether oxygens (including phenoxy) is 2. The molecule has 0 amide bonds. The molecule has 4 aliphatic rings. The number of carbonyl (C=O) groups excluding carboxylic acids is 4. The molecule has 0 spiro atoms. The van der Waals surface area contributed by atoms with E-state index in [0.717, 1.165) is 5.57 Å². The predicted octanol–water partition coefficient (Wildman–Crippen LogP) is 4.48. The molecule has 0 heterocycles. The van der Waals surface area contributed by atoms with Crippen molar-refractivity contribution in [3.63, 3.8) is 0 Å². The second kappa shape index (κ2) is 9.64. The molecule has 37 heavy (non-hydrogen) atoms. The highest BCUT2D eigenvalue weighted by Gasteiger charge is 2.76. The average Bonchev–Trinajstić information content (AvgIpc) is 3.06. The second-order valence-electron chi connectivity index (χ2n) is 11.8. The lowest BCUT2D eigenvalue weighted by molar-refractivity contribution is -0.203. The quantitative estimate of drug-likeness (QED) is 0.379. The summed E-state index contributed by atoms with van der Waals surface area (Å²) in [6.07, 6.45) is 6.86. The van der Waals surface area contributed by atoms with Crippen molar-refractivity contribution in [2.45, 2.75) is 96.1 Å². The maximum atomic E-state index is 13.9. The molecule has 1 N–H and O–H groups in total. The first-order valence-corrected chi connectivity index (χ1v) is 13.9. The lowest BCUT2D eigenvalue weighted by atomic mass is 9.45. The minimum absolute atomic E-state index is 0.0791. The number of hydrogen-bond acceptors (Lipinski definition) is 7. The fourth-order valence-electron chi connectivity index (χ4n) is 8.18. The van der Waals surface area contributed by atoms with E-state index in [9.17, 15) is 24.3 Å². The van der Waals surface area contributed by atoms with Crippen molar-refractivity contribution in [1.82, 2.24) is 0 Å². The summed E-state index contributed by atoms with van der Waals surface area (Å²) in [6, 6.07) is 0. The lowest BCUT2D eigenvalue weighted by Gasteiger charge is -2.64. The second-order valence-corrected chi connectivity index (χ2v) is 12.4. The van der Waals surface area contributed by atoms with Crippen LogP contribution in [0.5, 0.6) is 0 Å². The highest BCUT2D eigenvalue weighted by molar-refractivity contribution is 6.26. The summed E-state index contributed by atoms with van der Waals surface area (Å²) in [7, 11) is 0. The molecule has 204 valence electrons. The zero-order valence-electron chi connectivity index (χ0n) is 22.5. The molecule has 8 atom stereocenters. The van der Waals surface area contributed by atoms with E-state index in [-0.39, 0.29) is 42.8 Å². The van der Waals surface area contributed by atoms with Crippen molar-refractivity contribution >= 4 is 35.1 Å². The molecule has 3 saturated carbocycles. The number of fused-ring (bicyclic) bond motifs is 5. The number of aliphatic hydroxyl groups excluding tert-OH is 1. The molecule has 0 aliphatic heterocycles. The summed E-state index contributed by atoms with van der Waals surface area (Å²) in [5.41, 5.74) is -2.27. The van der Waals surface area contributed by atoms with E-state index < -0.39 is 51.7 Å². The Kier molecular flexibility index (Phi) is 7.30. The van der Waals surface area contributed by atoms with Crippen LogP contribution in [0.15, 0.2) is 23.8 Å². The first-order chi connectivity index (χ1) is 17.3. The zero-order valence-corrected chi connectivity index (χ0v) is 23.2. The molecule has 3 fully saturated rings. The van der Waals surface area contributed by atoms with Crippen LogP contribution >= 0.6 is 11.6 Å². The smallest absolute Gasteiger partial charge is 0.306 e. The number of esters is 2. The summed E-state index contributed by atoms with van der Waals surface area (Å²) in [5, 5.41) is 11.8. The molecular formula is C29H39ClO7. The van der Waals surface area contributed by atoms with Crippen molar-refractivity contribution in [2.24, 2.45) is 28.6 Å². The van der Waals surface area contributed by atoms with Gasteiger partial charge in [0.1, 0.15) is 0 Å². The third kappa shape index (κ3) is 3.86.